The summed E-state index contributed by atoms with van der Waals surface area (Å²) in [5.41, 5.74) is 3.47. The number of carbonyl (C=O) groups excluding carboxylic acids is 1. The van der Waals surface area contributed by atoms with E-state index in [1.165, 1.54) is 0 Å². The Hall–Kier alpha value is -1.68. The maximum atomic E-state index is 11.4. The van der Waals surface area contributed by atoms with Gasteiger partial charge in [-0.2, -0.15) is 5.10 Å². The molecular formula is C12H18N3O+. The van der Waals surface area contributed by atoms with Crippen molar-refractivity contribution in [2.75, 3.05) is 27.7 Å². The predicted octanol–water partition coefficient (Wildman–Crippen LogP) is 0.843. The summed E-state index contributed by atoms with van der Waals surface area (Å²) in [6.45, 7) is 0.409. The van der Waals surface area contributed by atoms with E-state index in [9.17, 15) is 4.79 Å². The summed E-state index contributed by atoms with van der Waals surface area (Å²) >= 11 is 0. The highest BCUT2D eigenvalue weighted by Gasteiger charge is 2.12. The van der Waals surface area contributed by atoms with Gasteiger partial charge in [-0.1, -0.05) is 30.3 Å². The Bertz CT molecular complexity index is 366. The molecule has 1 amide bonds. The van der Waals surface area contributed by atoms with Crippen molar-refractivity contribution in [2.24, 2.45) is 5.10 Å². The van der Waals surface area contributed by atoms with Crippen molar-refractivity contribution >= 4 is 12.1 Å². The molecule has 16 heavy (non-hydrogen) atoms. The molecule has 0 heterocycles. The highest BCUT2D eigenvalue weighted by Crippen LogP contribution is 1.93. The first-order chi connectivity index (χ1) is 7.47. The smallest absolute Gasteiger partial charge is 0.295 e. The molecule has 0 aliphatic carbocycles. The molecule has 0 atom stereocenters. The number of nitrogens with zero attached hydrogens (tertiary/aromatic N) is 2. The molecule has 0 bridgehead atoms. The first kappa shape index (κ1) is 12.4. The van der Waals surface area contributed by atoms with E-state index in [0.717, 1.165) is 5.56 Å². The van der Waals surface area contributed by atoms with Crippen molar-refractivity contribution in [3.05, 3.63) is 35.9 Å². The Labute approximate surface area is 96.2 Å². The van der Waals surface area contributed by atoms with Crippen molar-refractivity contribution in [1.82, 2.24) is 5.43 Å². The van der Waals surface area contributed by atoms with E-state index >= 15 is 0 Å². The van der Waals surface area contributed by atoms with Crippen LogP contribution < -0.4 is 5.43 Å². The fraction of sp³-hybridized carbons (Fsp3) is 0.333. The average molecular weight is 220 g/mol. The Balaban J connectivity index is 2.41. The van der Waals surface area contributed by atoms with Crippen LogP contribution in [0.15, 0.2) is 35.4 Å². The molecule has 0 saturated carbocycles. The highest BCUT2D eigenvalue weighted by molar-refractivity contribution is 5.82. The topological polar surface area (TPSA) is 41.5 Å². The van der Waals surface area contributed by atoms with Crippen molar-refractivity contribution in [3.8, 4) is 0 Å². The summed E-state index contributed by atoms with van der Waals surface area (Å²) in [5.74, 6) is -0.0836. The minimum absolute atomic E-state index is 0.0836. The van der Waals surface area contributed by atoms with E-state index < -0.39 is 0 Å². The second kappa shape index (κ2) is 5.42. The van der Waals surface area contributed by atoms with Gasteiger partial charge in [0.2, 0.25) is 0 Å². The number of nitrogens with one attached hydrogen (secondary N) is 1. The third-order valence-corrected chi connectivity index (χ3v) is 1.82. The molecule has 0 aliphatic heterocycles. The molecule has 0 saturated heterocycles. The number of benzene rings is 1. The number of likely N-dealkylation sites (N-methyl/N-ethyl adjacent to an activating group) is 1. The van der Waals surface area contributed by atoms with Gasteiger partial charge in [0.1, 0.15) is 0 Å². The average Bonchev–Trinajstić information content (AvgIpc) is 2.16. The number of quaternary nitrogens is 1. The van der Waals surface area contributed by atoms with Gasteiger partial charge in [-0.25, -0.2) is 5.43 Å². The molecule has 0 radical (unpaired) electrons. The molecule has 0 fully saturated rings. The lowest BCUT2D eigenvalue weighted by molar-refractivity contribution is -0.862. The van der Waals surface area contributed by atoms with Crippen LogP contribution in [0.2, 0.25) is 0 Å². The van der Waals surface area contributed by atoms with Gasteiger partial charge in [-0.15, -0.1) is 0 Å². The zero-order valence-electron chi connectivity index (χ0n) is 9.97. The Kier molecular flexibility index (Phi) is 4.19. The highest BCUT2D eigenvalue weighted by atomic mass is 16.2. The van der Waals surface area contributed by atoms with Crippen LogP contribution in [-0.2, 0) is 4.79 Å². The maximum absolute atomic E-state index is 11.4. The summed E-state index contributed by atoms with van der Waals surface area (Å²) < 4.78 is 0.590. The molecule has 1 aromatic rings. The zero-order chi connectivity index (χ0) is 12.0. The van der Waals surface area contributed by atoms with Gasteiger partial charge in [0.25, 0.3) is 5.91 Å². The van der Waals surface area contributed by atoms with Gasteiger partial charge in [0.05, 0.1) is 27.4 Å². The SMILES string of the molecule is C[N+](C)(C)CC(=O)N/N=C/c1ccccc1. The van der Waals surface area contributed by atoms with Crippen LogP contribution >= 0.6 is 0 Å². The second-order valence-corrected chi connectivity index (χ2v) is 4.65. The lowest BCUT2D eigenvalue weighted by Gasteiger charge is -2.21. The van der Waals surface area contributed by atoms with E-state index in [1.54, 1.807) is 6.21 Å². The van der Waals surface area contributed by atoms with Crippen LogP contribution in [-0.4, -0.2) is 44.3 Å². The number of rotatable bonds is 4. The van der Waals surface area contributed by atoms with Gasteiger partial charge in [-0.05, 0) is 5.56 Å². The van der Waals surface area contributed by atoms with Crippen LogP contribution in [0, 0.1) is 0 Å². The quantitative estimate of drug-likeness (QED) is 0.456. The second-order valence-electron chi connectivity index (χ2n) is 4.65. The summed E-state index contributed by atoms with van der Waals surface area (Å²) in [6, 6.07) is 9.64. The number of carbonyl (C=O) groups is 1. The largest absolute Gasteiger partial charge is 0.323 e. The third-order valence-electron chi connectivity index (χ3n) is 1.82. The van der Waals surface area contributed by atoms with Crippen LogP contribution in [0.5, 0.6) is 0 Å². The van der Waals surface area contributed by atoms with E-state index in [1.807, 2.05) is 51.5 Å². The first-order valence-corrected chi connectivity index (χ1v) is 5.15. The van der Waals surface area contributed by atoms with Gasteiger partial charge >= 0.3 is 0 Å². The Morgan fingerprint density at radius 1 is 1.31 bits per heavy atom. The van der Waals surface area contributed by atoms with E-state index in [-0.39, 0.29) is 5.91 Å². The number of hydrazone groups is 1. The van der Waals surface area contributed by atoms with Crippen molar-refractivity contribution < 1.29 is 9.28 Å². The third kappa shape index (κ3) is 5.26. The van der Waals surface area contributed by atoms with Gasteiger partial charge in [-0.3, -0.25) is 4.79 Å². The maximum Gasteiger partial charge on any atom is 0.295 e. The molecule has 86 valence electrons. The Morgan fingerprint density at radius 3 is 2.50 bits per heavy atom. The molecule has 1 N–H and O–H groups in total. The monoisotopic (exact) mass is 220 g/mol. The molecule has 0 aliphatic rings. The van der Waals surface area contributed by atoms with Crippen LogP contribution in [0.1, 0.15) is 5.56 Å². The number of amides is 1. The van der Waals surface area contributed by atoms with Gasteiger partial charge in [0, 0.05) is 0 Å². The van der Waals surface area contributed by atoms with Gasteiger partial charge in [0.15, 0.2) is 6.54 Å². The standard InChI is InChI=1S/C12H17N3O/c1-15(2,3)10-12(16)14-13-9-11-7-5-4-6-8-11/h4-9H,10H2,1-3H3/p+1/b13-9+. The summed E-state index contributed by atoms with van der Waals surface area (Å²) in [6.07, 6.45) is 1.63. The molecule has 0 spiro atoms. The van der Waals surface area contributed by atoms with Crippen molar-refractivity contribution in [3.63, 3.8) is 0 Å². The van der Waals surface area contributed by atoms with E-state index in [0.29, 0.717) is 11.0 Å². The minimum Gasteiger partial charge on any atom is -0.323 e. The molecular weight excluding hydrogens is 202 g/mol. The molecule has 4 nitrogen and oxygen atoms in total. The summed E-state index contributed by atoms with van der Waals surface area (Å²) in [7, 11) is 5.88. The molecule has 0 aromatic heterocycles. The number of hydrogen-bond donors (Lipinski definition) is 1. The van der Waals surface area contributed by atoms with Crippen molar-refractivity contribution in [2.45, 2.75) is 0 Å². The summed E-state index contributed by atoms with van der Waals surface area (Å²) in [4.78, 5) is 11.4. The van der Waals surface area contributed by atoms with Crippen molar-refractivity contribution in [1.29, 1.82) is 0 Å². The van der Waals surface area contributed by atoms with Crippen LogP contribution in [0.4, 0.5) is 0 Å². The fourth-order valence-electron chi connectivity index (χ4n) is 1.18. The van der Waals surface area contributed by atoms with E-state index in [4.69, 9.17) is 0 Å². The predicted molar refractivity (Wildman–Crippen MR) is 65.1 cm³/mol. The lowest BCUT2D eigenvalue weighted by atomic mass is 10.2. The Morgan fingerprint density at radius 2 is 1.94 bits per heavy atom. The minimum atomic E-state index is -0.0836. The zero-order valence-corrected chi connectivity index (χ0v) is 9.97. The summed E-state index contributed by atoms with van der Waals surface area (Å²) in [5, 5.41) is 3.89. The normalized spacial score (nSPS) is 11.7. The molecule has 0 unspecified atom stereocenters. The molecule has 4 heteroatoms. The fourth-order valence-corrected chi connectivity index (χ4v) is 1.18. The molecule has 1 rings (SSSR count). The van der Waals surface area contributed by atoms with Gasteiger partial charge < -0.3 is 4.48 Å². The van der Waals surface area contributed by atoms with E-state index in [2.05, 4.69) is 10.5 Å². The van der Waals surface area contributed by atoms with Crippen LogP contribution in [0.25, 0.3) is 0 Å². The lowest BCUT2D eigenvalue weighted by Crippen LogP contribution is -2.43. The van der Waals surface area contributed by atoms with Crippen LogP contribution in [0.3, 0.4) is 0 Å². The molecule has 1 aromatic carbocycles. The number of hydrogen-bond acceptors (Lipinski definition) is 2. The first-order valence-electron chi connectivity index (χ1n) is 5.15.